The number of nitrogens with two attached hydrogens (primary N) is 1. The zero-order chi connectivity index (χ0) is 25.4. The van der Waals surface area contributed by atoms with Gasteiger partial charge in [-0.25, -0.2) is 29.4 Å². The second-order valence-electron chi connectivity index (χ2n) is 8.26. The van der Waals surface area contributed by atoms with E-state index in [2.05, 4.69) is 20.0 Å². The first-order chi connectivity index (χ1) is 17.3. The molecule has 36 heavy (non-hydrogen) atoms. The quantitative estimate of drug-likeness (QED) is 0.239. The highest BCUT2D eigenvalue weighted by Crippen LogP contribution is 2.49. The van der Waals surface area contributed by atoms with Crippen LogP contribution in [0.15, 0.2) is 43.0 Å². The summed E-state index contributed by atoms with van der Waals surface area (Å²) in [4.78, 5) is 35.6. The number of carbonyl (C=O) groups excluding carboxylic acids is 2. The van der Waals surface area contributed by atoms with Gasteiger partial charge in [0.2, 0.25) is 0 Å². The fourth-order valence-corrected chi connectivity index (χ4v) is 5.76. The summed E-state index contributed by atoms with van der Waals surface area (Å²) in [6.07, 6.45) is -2.15. The summed E-state index contributed by atoms with van der Waals surface area (Å²) in [5.41, 5.74) is 6.60. The van der Waals surface area contributed by atoms with Gasteiger partial charge < -0.3 is 29.3 Å². The molecule has 2 saturated heterocycles. The number of anilines is 1. The van der Waals surface area contributed by atoms with E-state index in [-0.39, 0.29) is 11.6 Å². The molecule has 7 atom stereocenters. The Morgan fingerprint density at radius 1 is 1.17 bits per heavy atom. The molecule has 190 valence electrons. The van der Waals surface area contributed by atoms with Crippen LogP contribution in [0.2, 0.25) is 0 Å². The fourth-order valence-electron chi connectivity index (χ4n) is 4.09. The molecule has 0 saturated carbocycles. The van der Waals surface area contributed by atoms with Crippen LogP contribution in [0.3, 0.4) is 0 Å². The van der Waals surface area contributed by atoms with Crippen LogP contribution in [-0.2, 0) is 28.1 Å². The average Bonchev–Trinajstić information content (AvgIpc) is 3.52. The van der Waals surface area contributed by atoms with Crippen molar-refractivity contribution in [2.24, 2.45) is 0 Å². The van der Waals surface area contributed by atoms with E-state index in [0.29, 0.717) is 17.5 Å². The minimum absolute atomic E-state index is 0.176. The standard InChI is InChI=1S/C21H23N6O8P/c1-11(8-28)26-36(30,35-13-6-4-3-5-7-13)34-12(2)15-16-17(33-21(29)32-16)20(31-15)27-10-25-14-18(22)23-9-24-19(14)27/h3-12,15-17,20H,1-2H3,(H,26,30)(H2,22,23,24). The fraction of sp³-hybridized carbons (Fsp3) is 0.381. The Hall–Kier alpha value is -3.58. The number of nitrogens with one attached hydrogen (secondary N) is 1. The molecular formula is C21H23N6O8P. The number of rotatable bonds is 9. The van der Waals surface area contributed by atoms with Crippen molar-refractivity contribution in [1.29, 1.82) is 0 Å². The smallest absolute Gasteiger partial charge is 0.424 e. The van der Waals surface area contributed by atoms with Crippen molar-refractivity contribution in [3.05, 3.63) is 43.0 Å². The number of benzene rings is 1. The Bertz CT molecular complexity index is 1320. The van der Waals surface area contributed by atoms with Crippen LogP contribution in [0.25, 0.3) is 11.2 Å². The minimum atomic E-state index is -4.10. The van der Waals surface area contributed by atoms with Gasteiger partial charge in [-0.2, -0.15) is 0 Å². The highest BCUT2D eigenvalue weighted by Gasteiger charge is 2.58. The number of hydrogen-bond acceptors (Lipinski definition) is 12. The zero-order valence-electron chi connectivity index (χ0n) is 19.2. The van der Waals surface area contributed by atoms with Gasteiger partial charge in [0.05, 0.1) is 18.5 Å². The number of imidazole rings is 1. The van der Waals surface area contributed by atoms with E-state index in [1.807, 2.05) is 0 Å². The van der Waals surface area contributed by atoms with Crippen molar-refractivity contribution >= 4 is 37.2 Å². The van der Waals surface area contributed by atoms with E-state index in [4.69, 9.17) is 29.0 Å². The number of fused-ring (bicyclic) bond motifs is 2. The van der Waals surface area contributed by atoms with Crippen molar-refractivity contribution in [1.82, 2.24) is 24.6 Å². The van der Waals surface area contributed by atoms with E-state index < -0.39 is 50.6 Å². The van der Waals surface area contributed by atoms with Gasteiger partial charge in [0.25, 0.3) is 0 Å². The van der Waals surface area contributed by atoms with E-state index in [1.54, 1.807) is 41.8 Å². The van der Waals surface area contributed by atoms with Gasteiger partial charge in [-0.3, -0.25) is 9.09 Å². The van der Waals surface area contributed by atoms with Crippen molar-refractivity contribution in [3.63, 3.8) is 0 Å². The highest BCUT2D eigenvalue weighted by molar-refractivity contribution is 7.52. The second-order valence-corrected chi connectivity index (χ2v) is 9.90. The molecule has 1 aromatic carbocycles. The first-order valence-corrected chi connectivity index (χ1v) is 12.5. The third-order valence-corrected chi connectivity index (χ3v) is 7.44. The Morgan fingerprint density at radius 2 is 1.92 bits per heavy atom. The van der Waals surface area contributed by atoms with E-state index in [9.17, 15) is 14.2 Å². The Morgan fingerprint density at radius 3 is 2.67 bits per heavy atom. The summed E-state index contributed by atoms with van der Waals surface area (Å²) >= 11 is 0. The summed E-state index contributed by atoms with van der Waals surface area (Å²) in [5, 5.41) is 2.59. The largest absolute Gasteiger partial charge is 0.509 e. The van der Waals surface area contributed by atoms with Crippen LogP contribution >= 0.6 is 7.75 Å². The van der Waals surface area contributed by atoms with Crippen LogP contribution < -0.4 is 15.3 Å². The maximum absolute atomic E-state index is 13.6. The lowest BCUT2D eigenvalue weighted by Gasteiger charge is -2.28. The van der Waals surface area contributed by atoms with E-state index >= 15 is 0 Å². The molecule has 15 heteroatoms. The average molecular weight is 518 g/mol. The maximum Gasteiger partial charge on any atom is 0.509 e. The topological polar surface area (TPSA) is 179 Å². The van der Waals surface area contributed by atoms with Gasteiger partial charge in [0.1, 0.15) is 30.0 Å². The van der Waals surface area contributed by atoms with Gasteiger partial charge in [0, 0.05) is 0 Å². The normalized spacial score (nSPS) is 26.4. The molecule has 3 N–H and O–H groups in total. The third kappa shape index (κ3) is 4.51. The molecule has 0 radical (unpaired) electrons. The van der Waals surface area contributed by atoms with Gasteiger partial charge in [-0.15, -0.1) is 0 Å². The molecule has 0 spiro atoms. The summed E-state index contributed by atoms with van der Waals surface area (Å²) in [6, 6.07) is 7.51. The zero-order valence-corrected chi connectivity index (χ0v) is 20.1. The van der Waals surface area contributed by atoms with Crippen molar-refractivity contribution in [2.45, 2.75) is 50.5 Å². The second kappa shape index (κ2) is 9.47. The third-order valence-electron chi connectivity index (χ3n) is 5.65. The van der Waals surface area contributed by atoms with Crippen molar-refractivity contribution < 1.29 is 37.4 Å². The SMILES string of the molecule is CC(C=O)NP(=O)(Oc1ccccc1)OC(C)C1OC(n2cnc3c(N)ncnc32)C2OC(=O)OC12. The molecule has 2 aliphatic heterocycles. The first kappa shape index (κ1) is 24.1. The molecule has 14 nitrogen and oxygen atoms in total. The molecule has 2 aliphatic rings. The number of para-hydroxylation sites is 1. The van der Waals surface area contributed by atoms with Gasteiger partial charge in [-0.1, -0.05) is 18.2 Å². The molecule has 0 aliphatic carbocycles. The summed E-state index contributed by atoms with van der Waals surface area (Å²) in [6.45, 7) is 3.08. The molecule has 2 fully saturated rings. The number of aldehydes is 1. The molecular weight excluding hydrogens is 495 g/mol. The number of ether oxygens (including phenoxy) is 3. The number of aromatic nitrogens is 4. The molecule has 3 aromatic rings. The Balaban J connectivity index is 1.42. The Labute approximate surface area is 204 Å². The van der Waals surface area contributed by atoms with Crippen molar-refractivity contribution in [2.75, 3.05) is 5.73 Å². The first-order valence-electron chi connectivity index (χ1n) is 11.0. The minimum Gasteiger partial charge on any atom is -0.424 e. The van der Waals surface area contributed by atoms with Crippen LogP contribution in [0.1, 0.15) is 20.1 Å². The van der Waals surface area contributed by atoms with E-state index in [0.717, 1.165) is 0 Å². The number of hydrogen-bond donors (Lipinski definition) is 2. The predicted molar refractivity (Wildman–Crippen MR) is 123 cm³/mol. The van der Waals surface area contributed by atoms with Gasteiger partial charge >= 0.3 is 13.9 Å². The number of nitrogen functional groups attached to an aromatic ring is 1. The highest BCUT2D eigenvalue weighted by atomic mass is 31.2. The molecule has 0 amide bonds. The summed E-state index contributed by atoms with van der Waals surface area (Å²) in [5.74, 6) is 0.440. The van der Waals surface area contributed by atoms with Crippen LogP contribution in [-0.4, -0.2) is 62.4 Å². The number of nitrogens with zero attached hydrogens (tertiary/aromatic N) is 4. The summed E-state index contributed by atoms with van der Waals surface area (Å²) < 4.78 is 43.6. The van der Waals surface area contributed by atoms with Crippen LogP contribution in [0.5, 0.6) is 5.75 Å². The number of carbonyl (C=O) groups is 2. The van der Waals surface area contributed by atoms with Crippen LogP contribution in [0.4, 0.5) is 10.6 Å². The molecule has 5 rings (SSSR count). The van der Waals surface area contributed by atoms with Gasteiger partial charge in [0.15, 0.2) is 29.9 Å². The molecule has 2 aromatic heterocycles. The lowest BCUT2D eigenvalue weighted by molar-refractivity contribution is -0.109. The lowest BCUT2D eigenvalue weighted by atomic mass is 10.1. The lowest BCUT2D eigenvalue weighted by Crippen LogP contribution is -2.39. The molecule has 7 unspecified atom stereocenters. The van der Waals surface area contributed by atoms with Crippen molar-refractivity contribution in [3.8, 4) is 5.75 Å². The maximum atomic E-state index is 13.6. The Kier molecular flexibility index (Phi) is 6.35. The monoisotopic (exact) mass is 518 g/mol. The molecule has 0 bridgehead atoms. The van der Waals surface area contributed by atoms with Crippen LogP contribution in [0, 0.1) is 0 Å². The molecule has 4 heterocycles. The van der Waals surface area contributed by atoms with E-state index in [1.165, 1.54) is 19.6 Å². The summed E-state index contributed by atoms with van der Waals surface area (Å²) in [7, 11) is -4.10. The van der Waals surface area contributed by atoms with Gasteiger partial charge in [-0.05, 0) is 26.0 Å². The predicted octanol–water partition coefficient (Wildman–Crippen LogP) is 1.98.